The summed E-state index contributed by atoms with van der Waals surface area (Å²) < 4.78 is 62.6. The number of carbonyl (C=O) groups excluding carboxylic acids is 3. The van der Waals surface area contributed by atoms with Gasteiger partial charge in [0.25, 0.3) is 0 Å². The lowest BCUT2D eigenvalue weighted by molar-refractivity contribution is -0.141. The van der Waals surface area contributed by atoms with Gasteiger partial charge in [-0.1, -0.05) is 0 Å². The van der Waals surface area contributed by atoms with Gasteiger partial charge >= 0.3 is 18.2 Å². The van der Waals surface area contributed by atoms with E-state index in [0.29, 0.717) is 0 Å². The van der Waals surface area contributed by atoms with Crippen LogP contribution in [-0.4, -0.2) is 64.3 Å². The summed E-state index contributed by atoms with van der Waals surface area (Å²) >= 11 is 0. The molecule has 1 saturated heterocycles. The highest BCUT2D eigenvalue weighted by molar-refractivity contribution is 5.91. The van der Waals surface area contributed by atoms with E-state index >= 15 is 0 Å². The van der Waals surface area contributed by atoms with Gasteiger partial charge in [-0.05, 0) is 44.5 Å². The molecule has 0 saturated carbocycles. The molecule has 1 aliphatic heterocycles. The van der Waals surface area contributed by atoms with Crippen molar-refractivity contribution in [1.29, 1.82) is 0 Å². The zero-order valence-corrected chi connectivity index (χ0v) is 20.6. The van der Waals surface area contributed by atoms with Crippen LogP contribution in [0.4, 0.5) is 22.4 Å². The molecular formula is C24H26F4N4O5. The number of hydrogen-bond acceptors (Lipinski definition) is 7. The Morgan fingerprint density at radius 3 is 2.41 bits per heavy atom. The summed E-state index contributed by atoms with van der Waals surface area (Å²) in [6, 6.07) is 2.24. The standard InChI is InChI=1S/C24H26F4N4O5/c1-23(2,3)37-22(35)32-12-15(25)8-18(32)20(33)31-10-14-7-17(29-11-16(14)21(34)36-4)13-5-6-19(30-9-13)24(26,27)28/h5-7,9,11,15,18H,8,10,12H2,1-4H3,(H,31,33)/t15-,18+/m0/s1. The van der Waals surface area contributed by atoms with Crippen LogP contribution in [0.1, 0.15) is 48.8 Å². The number of pyridine rings is 2. The summed E-state index contributed by atoms with van der Waals surface area (Å²) in [5.41, 5.74) is -1.24. The number of alkyl halides is 4. The van der Waals surface area contributed by atoms with Crippen molar-refractivity contribution in [3.8, 4) is 11.3 Å². The van der Waals surface area contributed by atoms with Gasteiger partial charge in [0, 0.05) is 30.9 Å². The highest BCUT2D eigenvalue weighted by Crippen LogP contribution is 2.29. The Bertz CT molecular complexity index is 1170. The smallest absolute Gasteiger partial charge is 0.433 e. The van der Waals surface area contributed by atoms with Gasteiger partial charge in [-0.15, -0.1) is 0 Å². The second-order valence-electron chi connectivity index (χ2n) is 9.35. The van der Waals surface area contributed by atoms with Crippen molar-refractivity contribution in [3.63, 3.8) is 0 Å². The molecule has 1 aliphatic rings. The van der Waals surface area contributed by atoms with Gasteiger partial charge in [-0.2, -0.15) is 13.2 Å². The molecule has 13 heteroatoms. The maximum Gasteiger partial charge on any atom is 0.433 e. The molecule has 2 aromatic heterocycles. The lowest BCUT2D eigenvalue weighted by Gasteiger charge is -2.27. The van der Waals surface area contributed by atoms with Gasteiger partial charge < -0.3 is 14.8 Å². The summed E-state index contributed by atoms with van der Waals surface area (Å²) in [5, 5.41) is 2.58. The van der Waals surface area contributed by atoms with E-state index in [1.54, 1.807) is 20.8 Å². The van der Waals surface area contributed by atoms with Crippen LogP contribution in [0.5, 0.6) is 0 Å². The van der Waals surface area contributed by atoms with Crippen molar-refractivity contribution < 1.29 is 41.4 Å². The molecule has 0 bridgehead atoms. The van der Waals surface area contributed by atoms with Gasteiger partial charge in [0.1, 0.15) is 23.5 Å². The zero-order chi connectivity index (χ0) is 27.5. The molecule has 2 aromatic rings. The van der Waals surface area contributed by atoms with E-state index < -0.39 is 47.7 Å². The fourth-order valence-electron chi connectivity index (χ4n) is 3.66. The molecule has 0 spiro atoms. The SMILES string of the molecule is COC(=O)c1cnc(-c2ccc(C(F)(F)F)nc2)cc1CNC(=O)[C@H]1C[C@H](F)CN1C(=O)OC(C)(C)C. The average molecular weight is 526 g/mol. The van der Waals surface area contributed by atoms with E-state index in [9.17, 15) is 31.9 Å². The molecule has 0 aromatic carbocycles. The molecule has 9 nitrogen and oxygen atoms in total. The van der Waals surface area contributed by atoms with Crippen molar-refractivity contribution in [3.05, 3.63) is 47.4 Å². The number of nitrogens with zero attached hydrogens (tertiary/aromatic N) is 3. The summed E-state index contributed by atoms with van der Waals surface area (Å²) in [5.74, 6) is -1.43. The Morgan fingerprint density at radius 2 is 1.84 bits per heavy atom. The van der Waals surface area contributed by atoms with E-state index in [1.807, 2.05) is 0 Å². The average Bonchev–Trinajstić information content (AvgIpc) is 3.22. The Labute approximate surface area is 210 Å². The van der Waals surface area contributed by atoms with E-state index in [2.05, 4.69) is 15.3 Å². The first kappa shape index (κ1) is 27.8. The third-order valence-electron chi connectivity index (χ3n) is 5.38. The zero-order valence-electron chi connectivity index (χ0n) is 20.6. The first-order valence-electron chi connectivity index (χ1n) is 11.2. The Hall–Kier alpha value is -3.77. The molecule has 3 heterocycles. The normalized spacial score (nSPS) is 17.9. The summed E-state index contributed by atoms with van der Waals surface area (Å²) in [6.07, 6.45) is -4.93. The van der Waals surface area contributed by atoms with Crippen LogP contribution in [0, 0.1) is 0 Å². The lowest BCUT2D eigenvalue weighted by Crippen LogP contribution is -2.47. The van der Waals surface area contributed by atoms with E-state index in [1.165, 1.54) is 18.3 Å². The summed E-state index contributed by atoms with van der Waals surface area (Å²) in [6.45, 7) is 4.39. The highest BCUT2D eigenvalue weighted by atomic mass is 19.4. The molecule has 1 fully saturated rings. The minimum atomic E-state index is -4.61. The van der Waals surface area contributed by atoms with Crippen molar-refractivity contribution in [2.75, 3.05) is 13.7 Å². The van der Waals surface area contributed by atoms with Crippen molar-refractivity contribution in [2.45, 2.75) is 57.7 Å². The van der Waals surface area contributed by atoms with Crippen LogP contribution in [-0.2, 0) is 27.0 Å². The molecule has 3 rings (SSSR count). The first-order chi connectivity index (χ1) is 17.2. The molecule has 0 unspecified atom stereocenters. The van der Waals surface area contributed by atoms with Gasteiger partial charge in [-0.25, -0.2) is 14.0 Å². The number of hydrogen-bond donors (Lipinski definition) is 1. The molecule has 37 heavy (non-hydrogen) atoms. The second kappa shape index (κ2) is 10.7. The highest BCUT2D eigenvalue weighted by Gasteiger charge is 2.41. The van der Waals surface area contributed by atoms with E-state index in [-0.39, 0.29) is 41.9 Å². The van der Waals surface area contributed by atoms with Crippen LogP contribution in [0.2, 0.25) is 0 Å². The quantitative estimate of drug-likeness (QED) is 0.465. The number of esters is 1. The van der Waals surface area contributed by atoms with E-state index in [4.69, 9.17) is 9.47 Å². The fourth-order valence-corrected chi connectivity index (χ4v) is 3.66. The largest absolute Gasteiger partial charge is 0.465 e. The number of rotatable bonds is 5. The Kier molecular flexibility index (Phi) is 8.03. The van der Waals surface area contributed by atoms with Crippen LogP contribution >= 0.6 is 0 Å². The van der Waals surface area contributed by atoms with Crippen molar-refractivity contribution >= 4 is 18.0 Å². The van der Waals surface area contributed by atoms with Crippen LogP contribution in [0.15, 0.2) is 30.6 Å². The fraction of sp³-hybridized carbons (Fsp3) is 0.458. The van der Waals surface area contributed by atoms with Gasteiger partial charge in [0.05, 0.1) is 24.9 Å². The number of halogens is 4. The number of carbonyl (C=O) groups is 3. The number of likely N-dealkylation sites (tertiary alicyclic amines) is 1. The van der Waals surface area contributed by atoms with Crippen LogP contribution in [0.3, 0.4) is 0 Å². The maximum absolute atomic E-state index is 14.1. The van der Waals surface area contributed by atoms with E-state index in [0.717, 1.165) is 24.3 Å². The second-order valence-corrected chi connectivity index (χ2v) is 9.35. The van der Waals surface area contributed by atoms with Crippen LogP contribution < -0.4 is 5.32 Å². The molecule has 0 radical (unpaired) electrons. The maximum atomic E-state index is 14.1. The lowest BCUT2D eigenvalue weighted by atomic mass is 10.1. The van der Waals surface area contributed by atoms with Crippen LogP contribution in [0.25, 0.3) is 11.3 Å². The molecule has 0 aliphatic carbocycles. The first-order valence-corrected chi connectivity index (χ1v) is 11.2. The monoisotopic (exact) mass is 526 g/mol. The van der Waals surface area contributed by atoms with Gasteiger partial charge in [-0.3, -0.25) is 19.7 Å². The topological polar surface area (TPSA) is 111 Å². The predicted molar refractivity (Wildman–Crippen MR) is 122 cm³/mol. The number of aromatic nitrogens is 2. The number of nitrogens with one attached hydrogen (secondary N) is 1. The van der Waals surface area contributed by atoms with Gasteiger partial charge in [0.2, 0.25) is 5.91 Å². The molecule has 2 amide bonds. The molecular weight excluding hydrogens is 500 g/mol. The predicted octanol–water partition coefficient (Wildman–Crippen LogP) is 3.91. The molecule has 2 atom stereocenters. The minimum Gasteiger partial charge on any atom is -0.465 e. The Morgan fingerprint density at radius 1 is 1.14 bits per heavy atom. The van der Waals surface area contributed by atoms with Gasteiger partial charge in [0.15, 0.2) is 0 Å². The third-order valence-corrected chi connectivity index (χ3v) is 5.38. The van der Waals surface area contributed by atoms with Crippen molar-refractivity contribution in [1.82, 2.24) is 20.2 Å². The Balaban J connectivity index is 1.82. The molecule has 200 valence electrons. The summed E-state index contributed by atoms with van der Waals surface area (Å²) in [4.78, 5) is 46.1. The number of amides is 2. The number of ether oxygens (including phenoxy) is 2. The third kappa shape index (κ3) is 6.92. The molecule has 1 N–H and O–H groups in total. The minimum absolute atomic E-state index is 0.00482. The van der Waals surface area contributed by atoms with Crippen molar-refractivity contribution in [2.24, 2.45) is 0 Å². The summed E-state index contributed by atoms with van der Waals surface area (Å²) in [7, 11) is 1.15. The number of methoxy groups -OCH3 is 1.